The maximum atomic E-state index is 12.8. The van der Waals surface area contributed by atoms with Gasteiger partial charge in [-0.2, -0.15) is 0 Å². The lowest BCUT2D eigenvalue weighted by molar-refractivity contribution is -0.138. The maximum absolute atomic E-state index is 12.8. The van der Waals surface area contributed by atoms with Crippen LogP contribution in [0.3, 0.4) is 0 Å². The van der Waals surface area contributed by atoms with Crippen molar-refractivity contribution in [3.63, 3.8) is 0 Å². The van der Waals surface area contributed by atoms with Crippen molar-refractivity contribution in [2.75, 3.05) is 26.2 Å². The Kier molecular flexibility index (Phi) is 5.83. The maximum Gasteiger partial charge on any atom is 0.317 e. The predicted octanol–water partition coefficient (Wildman–Crippen LogP) is 2.15. The minimum atomic E-state index is -0.395. The van der Waals surface area contributed by atoms with Crippen molar-refractivity contribution in [2.45, 2.75) is 38.6 Å². The molecule has 6 nitrogen and oxygen atoms in total. The number of pyridine rings is 1. The number of piperazine rings is 1. The summed E-state index contributed by atoms with van der Waals surface area (Å²) in [5.41, 5.74) is 0.612. The van der Waals surface area contributed by atoms with E-state index < -0.39 is 5.82 Å². The Labute approximate surface area is 147 Å². The summed E-state index contributed by atoms with van der Waals surface area (Å²) in [6.07, 6.45) is 6.68. The topological polar surface area (TPSA) is 65.5 Å². The molecule has 0 bridgehead atoms. The van der Waals surface area contributed by atoms with Crippen LogP contribution in [0.2, 0.25) is 0 Å². The second-order valence-electron chi connectivity index (χ2n) is 6.77. The summed E-state index contributed by atoms with van der Waals surface area (Å²) in [4.78, 5) is 32.3. The third-order valence-corrected chi connectivity index (χ3v) is 5.04. The lowest BCUT2D eigenvalue weighted by atomic mass is 9.88. The van der Waals surface area contributed by atoms with Crippen molar-refractivity contribution in [3.05, 3.63) is 29.8 Å². The molecule has 0 aromatic carbocycles. The Bertz CT molecular complexity index is 594. The van der Waals surface area contributed by atoms with E-state index in [-0.39, 0.29) is 24.4 Å². The van der Waals surface area contributed by atoms with Crippen LogP contribution >= 0.6 is 0 Å². The monoisotopic (exact) mass is 348 g/mol. The molecule has 1 N–H and O–H groups in total. The SMILES string of the molecule is O=C(NCc1ccc(F)cn1)N1CCN(C(=O)C2CCCCC2)CC1. The summed E-state index contributed by atoms with van der Waals surface area (Å²) in [5.74, 6) is 0.0442. The van der Waals surface area contributed by atoms with E-state index in [9.17, 15) is 14.0 Å². The zero-order valence-corrected chi connectivity index (χ0v) is 14.4. The summed E-state index contributed by atoms with van der Waals surface area (Å²) in [6.45, 7) is 2.54. The molecule has 7 heteroatoms. The molecule has 136 valence electrons. The van der Waals surface area contributed by atoms with Crippen molar-refractivity contribution in [1.29, 1.82) is 0 Å². The van der Waals surface area contributed by atoms with Gasteiger partial charge in [-0.1, -0.05) is 19.3 Å². The number of aromatic nitrogens is 1. The first-order valence-corrected chi connectivity index (χ1v) is 9.05. The molecule has 0 spiro atoms. The zero-order chi connectivity index (χ0) is 17.6. The average molecular weight is 348 g/mol. The number of nitrogens with zero attached hydrogens (tertiary/aromatic N) is 3. The second kappa shape index (κ2) is 8.27. The molecule has 0 unspecified atom stereocenters. The fourth-order valence-electron chi connectivity index (χ4n) is 3.53. The van der Waals surface area contributed by atoms with Crippen molar-refractivity contribution in [2.24, 2.45) is 5.92 Å². The molecule has 1 aliphatic carbocycles. The van der Waals surface area contributed by atoms with Gasteiger partial charge in [-0.3, -0.25) is 9.78 Å². The van der Waals surface area contributed by atoms with Gasteiger partial charge in [-0.25, -0.2) is 9.18 Å². The third kappa shape index (κ3) is 4.67. The van der Waals surface area contributed by atoms with Crippen molar-refractivity contribution in [1.82, 2.24) is 20.1 Å². The van der Waals surface area contributed by atoms with Crippen LogP contribution in [0.5, 0.6) is 0 Å². The highest BCUT2D eigenvalue weighted by Gasteiger charge is 2.29. The number of hydrogen-bond donors (Lipinski definition) is 1. The number of nitrogens with one attached hydrogen (secondary N) is 1. The molecular formula is C18H25FN4O2. The highest BCUT2D eigenvalue weighted by Crippen LogP contribution is 2.25. The highest BCUT2D eigenvalue weighted by molar-refractivity contribution is 5.79. The van der Waals surface area contributed by atoms with Crippen LogP contribution < -0.4 is 5.32 Å². The number of rotatable bonds is 3. The minimum absolute atomic E-state index is 0.170. The Morgan fingerprint density at radius 3 is 2.40 bits per heavy atom. The van der Waals surface area contributed by atoms with Gasteiger partial charge in [-0.05, 0) is 25.0 Å². The van der Waals surface area contributed by atoms with Crippen molar-refractivity contribution >= 4 is 11.9 Å². The molecule has 1 saturated heterocycles. The van der Waals surface area contributed by atoms with Gasteiger partial charge in [0.1, 0.15) is 5.82 Å². The Balaban J connectivity index is 1.42. The van der Waals surface area contributed by atoms with Crippen molar-refractivity contribution < 1.29 is 14.0 Å². The van der Waals surface area contributed by atoms with E-state index >= 15 is 0 Å². The smallest absolute Gasteiger partial charge is 0.317 e. The van der Waals surface area contributed by atoms with E-state index in [0.717, 1.165) is 31.9 Å². The van der Waals surface area contributed by atoms with E-state index in [2.05, 4.69) is 10.3 Å². The van der Waals surface area contributed by atoms with Gasteiger partial charge in [0.2, 0.25) is 5.91 Å². The molecular weight excluding hydrogens is 323 g/mol. The molecule has 2 fully saturated rings. The first-order chi connectivity index (χ1) is 12.1. The standard InChI is InChI=1S/C18H25FN4O2/c19-15-6-7-16(20-12-15)13-21-18(25)23-10-8-22(9-11-23)17(24)14-4-2-1-3-5-14/h6-7,12,14H,1-5,8-11,13H2,(H,21,25). The van der Waals surface area contributed by atoms with Crippen LogP contribution in [-0.2, 0) is 11.3 Å². The highest BCUT2D eigenvalue weighted by atomic mass is 19.1. The van der Waals surface area contributed by atoms with Crippen LogP contribution in [0.4, 0.5) is 9.18 Å². The van der Waals surface area contributed by atoms with E-state index in [0.29, 0.717) is 31.9 Å². The quantitative estimate of drug-likeness (QED) is 0.910. The van der Waals surface area contributed by atoms with Gasteiger partial charge in [0, 0.05) is 32.1 Å². The van der Waals surface area contributed by atoms with Crippen LogP contribution in [0.1, 0.15) is 37.8 Å². The number of urea groups is 1. The fourth-order valence-corrected chi connectivity index (χ4v) is 3.53. The summed E-state index contributed by atoms with van der Waals surface area (Å²) in [7, 11) is 0. The van der Waals surface area contributed by atoms with Gasteiger partial charge in [-0.15, -0.1) is 0 Å². The lowest BCUT2D eigenvalue weighted by Gasteiger charge is -2.37. The van der Waals surface area contributed by atoms with Gasteiger partial charge >= 0.3 is 6.03 Å². The molecule has 0 atom stereocenters. The summed E-state index contributed by atoms with van der Waals surface area (Å²) in [6, 6.07) is 2.71. The Morgan fingerprint density at radius 2 is 1.76 bits per heavy atom. The van der Waals surface area contributed by atoms with E-state index in [1.54, 1.807) is 11.0 Å². The number of amides is 3. The van der Waals surface area contributed by atoms with Gasteiger partial charge < -0.3 is 15.1 Å². The van der Waals surface area contributed by atoms with Crippen LogP contribution in [0.15, 0.2) is 18.3 Å². The number of carbonyl (C=O) groups is 2. The summed E-state index contributed by atoms with van der Waals surface area (Å²) >= 11 is 0. The molecule has 2 aliphatic rings. The van der Waals surface area contributed by atoms with Gasteiger partial charge in [0.15, 0.2) is 0 Å². The molecule has 1 aliphatic heterocycles. The van der Waals surface area contributed by atoms with E-state index in [4.69, 9.17) is 0 Å². The van der Waals surface area contributed by atoms with Crippen LogP contribution in [-0.4, -0.2) is 52.9 Å². The summed E-state index contributed by atoms with van der Waals surface area (Å²) < 4.78 is 12.8. The molecule has 1 aromatic heterocycles. The molecule has 3 amide bonds. The molecule has 1 saturated carbocycles. The lowest BCUT2D eigenvalue weighted by Crippen LogP contribution is -2.54. The molecule has 25 heavy (non-hydrogen) atoms. The molecule has 0 radical (unpaired) electrons. The van der Waals surface area contributed by atoms with E-state index in [1.807, 2.05) is 4.90 Å². The summed E-state index contributed by atoms with van der Waals surface area (Å²) in [5, 5.41) is 2.79. The normalized spacial score (nSPS) is 18.9. The molecule has 2 heterocycles. The Hall–Kier alpha value is -2.18. The third-order valence-electron chi connectivity index (χ3n) is 5.04. The number of carbonyl (C=O) groups excluding carboxylic acids is 2. The van der Waals surface area contributed by atoms with E-state index in [1.165, 1.54) is 12.5 Å². The van der Waals surface area contributed by atoms with Gasteiger partial charge in [0.05, 0.1) is 18.4 Å². The average Bonchev–Trinajstić information content (AvgIpc) is 2.67. The second-order valence-corrected chi connectivity index (χ2v) is 6.77. The fraction of sp³-hybridized carbons (Fsp3) is 0.611. The number of halogens is 1. The first-order valence-electron chi connectivity index (χ1n) is 9.05. The van der Waals surface area contributed by atoms with Crippen LogP contribution in [0, 0.1) is 11.7 Å². The zero-order valence-electron chi connectivity index (χ0n) is 14.4. The largest absolute Gasteiger partial charge is 0.339 e. The molecule has 3 rings (SSSR count). The first kappa shape index (κ1) is 17.6. The van der Waals surface area contributed by atoms with Crippen molar-refractivity contribution in [3.8, 4) is 0 Å². The Morgan fingerprint density at radius 1 is 1.08 bits per heavy atom. The number of hydrogen-bond acceptors (Lipinski definition) is 3. The van der Waals surface area contributed by atoms with Crippen LogP contribution in [0.25, 0.3) is 0 Å². The predicted molar refractivity (Wildman–Crippen MR) is 91.2 cm³/mol. The minimum Gasteiger partial charge on any atom is -0.339 e. The molecule has 1 aromatic rings. The van der Waals surface area contributed by atoms with Gasteiger partial charge in [0.25, 0.3) is 0 Å².